The van der Waals surface area contributed by atoms with Gasteiger partial charge in [0.05, 0.1) is 12.7 Å². The molecule has 5 nitrogen and oxygen atoms in total. The molecular weight excluding hydrogens is 280 g/mol. The van der Waals surface area contributed by atoms with Crippen molar-refractivity contribution in [3.05, 3.63) is 42.0 Å². The molecule has 1 fully saturated rings. The van der Waals surface area contributed by atoms with Crippen molar-refractivity contribution in [2.24, 2.45) is 11.8 Å². The summed E-state index contributed by atoms with van der Waals surface area (Å²) < 4.78 is 4.65. The smallest absolute Gasteiger partial charge is 0.337 e. The van der Waals surface area contributed by atoms with E-state index in [1.807, 2.05) is 4.90 Å². The van der Waals surface area contributed by atoms with Gasteiger partial charge < -0.3 is 15.0 Å². The number of allylic oxidation sites excluding steroid dienone is 2. The first kappa shape index (κ1) is 14.6. The third-order valence-electron chi connectivity index (χ3n) is 4.47. The topological polar surface area (TPSA) is 58.6 Å². The van der Waals surface area contributed by atoms with Gasteiger partial charge in [-0.3, -0.25) is 0 Å². The van der Waals surface area contributed by atoms with Crippen molar-refractivity contribution in [2.45, 2.75) is 12.8 Å². The van der Waals surface area contributed by atoms with Gasteiger partial charge in [-0.25, -0.2) is 9.59 Å². The van der Waals surface area contributed by atoms with Gasteiger partial charge in [-0.1, -0.05) is 12.2 Å². The number of ether oxygens (including phenoxy) is 1. The van der Waals surface area contributed by atoms with Gasteiger partial charge in [0.2, 0.25) is 0 Å². The summed E-state index contributed by atoms with van der Waals surface area (Å²) in [5.74, 6) is 0.809. The summed E-state index contributed by atoms with van der Waals surface area (Å²) in [6.45, 7) is 1.64. The molecule has 22 heavy (non-hydrogen) atoms. The number of hydrogen-bond acceptors (Lipinski definition) is 3. The lowest BCUT2D eigenvalue weighted by atomic mass is 9.86. The van der Waals surface area contributed by atoms with E-state index in [0.717, 1.165) is 25.9 Å². The number of fused-ring (bicyclic) bond motifs is 1. The van der Waals surface area contributed by atoms with Crippen LogP contribution in [-0.4, -0.2) is 37.1 Å². The van der Waals surface area contributed by atoms with Crippen molar-refractivity contribution in [1.82, 2.24) is 4.90 Å². The average molecular weight is 300 g/mol. The van der Waals surface area contributed by atoms with E-state index in [2.05, 4.69) is 22.2 Å². The first-order valence-electron chi connectivity index (χ1n) is 7.56. The monoisotopic (exact) mass is 300 g/mol. The van der Waals surface area contributed by atoms with Gasteiger partial charge in [0.1, 0.15) is 0 Å². The SMILES string of the molecule is COC(=O)c1ccc(NC(=O)N2C[C@H]3CC=CC[C@@H]3C2)cc1. The number of rotatable bonds is 2. The minimum Gasteiger partial charge on any atom is -0.465 e. The molecule has 1 aliphatic heterocycles. The number of carbonyl (C=O) groups excluding carboxylic acids is 2. The molecule has 2 aliphatic rings. The number of nitrogens with zero attached hydrogens (tertiary/aromatic N) is 1. The van der Waals surface area contributed by atoms with Gasteiger partial charge in [0.15, 0.2) is 0 Å². The van der Waals surface area contributed by atoms with E-state index in [0.29, 0.717) is 23.1 Å². The number of amides is 2. The third kappa shape index (κ3) is 2.98. The van der Waals surface area contributed by atoms with Crippen LogP contribution >= 0.6 is 0 Å². The van der Waals surface area contributed by atoms with Crippen molar-refractivity contribution in [3.8, 4) is 0 Å². The van der Waals surface area contributed by atoms with Crippen LogP contribution in [-0.2, 0) is 4.74 Å². The van der Waals surface area contributed by atoms with Gasteiger partial charge in [-0.2, -0.15) is 0 Å². The number of anilines is 1. The molecule has 1 heterocycles. The highest BCUT2D eigenvalue weighted by Gasteiger charge is 2.35. The van der Waals surface area contributed by atoms with Gasteiger partial charge in [0, 0.05) is 18.8 Å². The number of carbonyl (C=O) groups is 2. The van der Waals surface area contributed by atoms with Crippen LogP contribution in [0.15, 0.2) is 36.4 Å². The number of urea groups is 1. The summed E-state index contributed by atoms with van der Waals surface area (Å²) in [6, 6.07) is 6.66. The molecule has 5 heteroatoms. The van der Waals surface area contributed by atoms with E-state index in [-0.39, 0.29) is 12.0 Å². The number of esters is 1. The van der Waals surface area contributed by atoms with Crippen molar-refractivity contribution in [3.63, 3.8) is 0 Å². The predicted octanol–water partition coefficient (Wildman–Crippen LogP) is 2.90. The maximum Gasteiger partial charge on any atom is 0.337 e. The molecule has 0 bridgehead atoms. The molecule has 0 saturated carbocycles. The molecule has 2 amide bonds. The molecule has 0 unspecified atom stereocenters. The van der Waals surface area contributed by atoms with Crippen molar-refractivity contribution < 1.29 is 14.3 Å². The highest BCUT2D eigenvalue weighted by atomic mass is 16.5. The minimum absolute atomic E-state index is 0.0692. The van der Waals surface area contributed by atoms with E-state index in [4.69, 9.17) is 0 Å². The molecular formula is C17H20N2O3. The zero-order chi connectivity index (χ0) is 15.5. The molecule has 0 aromatic heterocycles. The molecule has 0 spiro atoms. The normalized spacial score (nSPS) is 23.0. The van der Waals surface area contributed by atoms with E-state index >= 15 is 0 Å². The molecule has 2 atom stereocenters. The first-order chi connectivity index (χ1) is 10.7. The Morgan fingerprint density at radius 1 is 1.09 bits per heavy atom. The largest absolute Gasteiger partial charge is 0.465 e. The lowest BCUT2D eigenvalue weighted by molar-refractivity contribution is 0.0601. The second kappa shape index (κ2) is 6.22. The maximum atomic E-state index is 12.3. The Kier molecular flexibility index (Phi) is 4.13. The van der Waals surface area contributed by atoms with Crippen LogP contribution in [0.5, 0.6) is 0 Å². The Morgan fingerprint density at radius 3 is 2.23 bits per heavy atom. The van der Waals surface area contributed by atoms with Crippen LogP contribution in [0.25, 0.3) is 0 Å². The molecule has 1 aromatic carbocycles. The Morgan fingerprint density at radius 2 is 1.68 bits per heavy atom. The highest BCUT2D eigenvalue weighted by molar-refractivity contribution is 5.92. The van der Waals surface area contributed by atoms with Crippen LogP contribution in [0.4, 0.5) is 10.5 Å². The van der Waals surface area contributed by atoms with E-state index in [1.54, 1.807) is 24.3 Å². The minimum atomic E-state index is -0.381. The van der Waals surface area contributed by atoms with Gasteiger partial charge in [-0.15, -0.1) is 0 Å². The molecule has 116 valence electrons. The summed E-state index contributed by atoms with van der Waals surface area (Å²) in [7, 11) is 1.35. The quantitative estimate of drug-likeness (QED) is 0.675. The highest BCUT2D eigenvalue weighted by Crippen LogP contribution is 2.32. The molecule has 1 aliphatic carbocycles. The van der Waals surface area contributed by atoms with E-state index < -0.39 is 0 Å². The van der Waals surface area contributed by atoms with Crippen LogP contribution in [0.3, 0.4) is 0 Å². The van der Waals surface area contributed by atoms with E-state index in [9.17, 15) is 9.59 Å². The van der Waals surface area contributed by atoms with E-state index in [1.165, 1.54) is 7.11 Å². The molecule has 1 saturated heterocycles. The Labute approximate surface area is 129 Å². The zero-order valence-corrected chi connectivity index (χ0v) is 12.6. The fraction of sp³-hybridized carbons (Fsp3) is 0.412. The number of benzene rings is 1. The van der Waals surface area contributed by atoms with Crippen molar-refractivity contribution >= 4 is 17.7 Å². The molecule has 3 rings (SSSR count). The first-order valence-corrected chi connectivity index (χ1v) is 7.56. The summed E-state index contributed by atoms with van der Waals surface area (Å²) >= 11 is 0. The van der Waals surface area contributed by atoms with Crippen LogP contribution < -0.4 is 5.32 Å². The molecule has 0 radical (unpaired) electrons. The van der Waals surface area contributed by atoms with Crippen molar-refractivity contribution in [1.29, 1.82) is 0 Å². The lowest BCUT2D eigenvalue weighted by Gasteiger charge is -2.17. The van der Waals surface area contributed by atoms with Gasteiger partial charge >= 0.3 is 12.0 Å². The fourth-order valence-corrected chi connectivity index (χ4v) is 3.19. The van der Waals surface area contributed by atoms with Gasteiger partial charge in [0.25, 0.3) is 0 Å². The Balaban J connectivity index is 1.59. The number of nitrogens with one attached hydrogen (secondary N) is 1. The van der Waals surface area contributed by atoms with Crippen LogP contribution in [0.2, 0.25) is 0 Å². The summed E-state index contributed by atoms with van der Waals surface area (Å²) in [5, 5.41) is 2.89. The Hall–Kier alpha value is -2.30. The number of methoxy groups -OCH3 is 1. The maximum absolute atomic E-state index is 12.3. The second-order valence-electron chi connectivity index (χ2n) is 5.87. The van der Waals surface area contributed by atoms with Crippen LogP contribution in [0.1, 0.15) is 23.2 Å². The zero-order valence-electron chi connectivity index (χ0n) is 12.6. The summed E-state index contributed by atoms with van der Waals surface area (Å²) in [5.41, 5.74) is 1.16. The Bertz CT molecular complexity index is 578. The third-order valence-corrected chi connectivity index (χ3v) is 4.47. The lowest BCUT2D eigenvalue weighted by Crippen LogP contribution is -2.33. The molecule has 1 N–H and O–H groups in total. The standard InChI is InChI=1S/C17H20N2O3/c1-22-16(20)12-6-8-15(9-7-12)18-17(21)19-10-13-4-2-3-5-14(13)11-19/h2-3,6-9,13-14H,4-5,10-11H2,1H3,(H,18,21)/t13-,14-/m1/s1. The van der Waals surface area contributed by atoms with Crippen LogP contribution in [0, 0.1) is 11.8 Å². The second-order valence-corrected chi connectivity index (χ2v) is 5.87. The fourth-order valence-electron chi connectivity index (χ4n) is 3.19. The molecule has 1 aromatic rings. The summed E-state index contributed by atoms with van der Waals surface area (Å²) in [6.07, 6.45) is 6.58. The number of hydrogen-bond donors (Lipinski definition) is 1. The predicted molar refractivity (Wildman–Crippen MR) is 83.7 cm³/mol. The van der Waals surface area contributed by atoms with Crippen molar-refractivity contribution in [2.75, 3.05) is 25.5 Å². The summed E-state index contributed by atoms with van der Waals surface area (Å²) in [4.78, 5) is 25.6. The average Bonchev–Trinajstić information content (AvgIpc) is 2.99. The van der Waals surface area contributed by atoms with Gasteiger partial charge in [-0.05, 0) is 48.9 Å². The number of likely N-dealkylation sites (tertiary alicyclic amines) is 1.